The quantitative estimate of drug-likeness (QED) is 0.852. The molecular formula is C17H26N2S. The van der Waals surface area contributed by atoms with Gasteiger partial charge in [-0.2, -0.15) is 0 Å². The molecule has 2 nitrogen and oxygen atoms in total. The van der Waals surface area contributed by atoms with Crippen LogP contribution < -0.4 is 5.32 Å². The third-order valence-corrected chi connectivity index (χ3v) is 5.31. The lowest BCUT2D eigenvalue weighted by atomic mass is 9.99. The zero-order valence-electron chi connectivity index (χ0n) is 12.8. The average molecular weight is 290 g/mol. The van der Waals surface area contributed by atoms with E-state index in [1.165, 1.54) is 18.4 Å². The van der Waals surface area contributed by atoms with E-state index < -0.39 is 0 Å². The minimum absolute atomic E-state index is 0.434. The van der Waals surface area contributed by atoms with Crippen LogP contribution in [0.25, 0.3) is 0 Å². The van der Waals surface area contributed by atoms with E-state index in [0.29, 0.717) is 11.3 Å². The van der Waals surface area contributed by atoms with Gasteiger partial charge in [-0.25, -0.2) is 0 Å². The fraction of sp³-hybridized carbons (Fsp3) is 0.588. The Morgan fingerprint density at radius 3 is 2.60 bits per heavy atom. The number of amidine groups is 1. The number of thioether (sulfide) groups is 1. The van der Waals surface area contributed by atoms with Gasteiger partial charge in [0, 0.05) is 11.3 Å². The first-order valence-corrected chi connectivity index (χ1v) is 8.62. The van der Waals surface area contributed by atoms with Gasteiger partial charge in [-0.05, 0) is 24.8 Å². The first-order chi connectivity index (χ1) is 9.72. The molecule has 1 aliphatic heterocycles. The average Bonchev–Trinajstić information content (AvgIpc) is 2.89. The van der Waals surface area contributed by atoms with Crippen LogP contribution in [0.5, 0.6) is 0 Å². The van der Waals surface area contributed by atoms with Gasteiger partial charge in [0.05, 0.1) is 6.54 Å². The van der Waals surface area contributed by atoms with Gasteiger partial charge in [-0.1, -0.05) is 68.8 Å². The Hall–Kier alpha value is -0.960. The maximum Gasteiger partial charge on any atom is 0.157 e. The molecule has 0 amide bonds. The third-order valence-electron chi connectivity index (χ3n) is 4.01. The van der Waals surface area contributed by atoms with Crippen molar-refractivity contribution in [2.75, 3.05) is 6.54 Å². The van der Waals surface area contributed by atoms with Crippen molar-refractivity contribution in [3.8, 4) is 0 Å². The molecule has 1 heterocycles. The van der Waals surface area contributed by atoms with Crippen molar-refractivity contribution in [2.24, 2.45) is 10.9 Å². The summed E-state index contributed by atoms with van der Waals surface area (Å²) in [4.78, 5) is 4.68. The molecule has 20 heavy (non-hydrogen) atoms. The molecule has 0 saturated heterocycles. The van der Waals surface area contributed by atoms with E-state index in [-0.39, 0.29) is 0 Å². The second-order valence-corrected chi connectivity index (χ2v) is 6.84. The highest BCUT2D eigenvalue weighted by atomic mass is 32.2. The van der Waals surface area contributed by atoms with Gasteiger partial charge >= 0.3 is 0 Å². The second kappa shape index (κ2) is 7.72. The summed E-state index contributed by atoms with van der Waals surface area (Å²) in [5, 5.41) is 5.39. The molecule has 1 aromatic rings. The molecule has 2 atom stereocenters. The Balaban J connectivity index is 1.80. The van der Waals surface area contributed by atoms with E-state index in [1.807, 2.05) is 11.8 Å². The van der Waals surface area contributed by atoms with Crippen LogP contribution in [0.4, 0.5) is 0 Å². The number of nitrogens with zero attached hydrogens (tertiary/aromatic N) is 1. The molecule has 0 radical (unpaired) electrons. The van der Waals surface area contributed by atoms with Gasteiger partial charge in [0.2, 0.25) is 0 Å². The Kier molecular flexibility index (Phi) is 5.96. The van der Waals surface area contributed by atoms with Gasteiger partial charge in [0.1, 0.15) is 0 Å². The summed E-state index contributed by atoms with van der Waals surface area (Å²) in [5.41, 5.74) is 1.38. The standard InChI is InChI=1S/C17H26N2S/c1-4-15(5-2)16-12-18-17(20-16)19-13(3)11-14-9-7-6-8-10-14/h6-10,13,15-16H,4-5,11-12H2,1-3H3,(H,18,19). The molecule has 2 unspecified atom stereocenters. The lowest BCUT2D eigenvalue weighted by Gasteiger charge is -2.20. The number of nitrogens with one attached hydrogen (secondary N) is 1. The highest BCUT2D eigenvalue weighted by molar-refractivity contribution is 8.14. The van der Waals surface area contributed by atoms with E-state index in [0.717, 1.165) is 24.1 Å². The fourth-order valence-corrected chi connectivity index (χ4v) is 4.19. The van der Waals surface area contributed by atoms with E-state index in [9.17, 15) is 0 Å². The number of aliphatic imine (C=N–C) groups is 1. The Morgan fingerprint density at radius 2 is 1.95 bits per heavy atom. The van der Waals surface area contributed by atoms with Crippen LogP contribution in [0.1, 0.15) is 39.2 Å². The maximum absolute atomic E-state index is 4.68. The Labute approximate surface area is 127 Å². The summed E-state index contributed by atoms with van der Waals surface area (Å²) in [5.74, 6) is 0.799. The van der Waals surface area contributed by atoms with Crippen LogP contribution in [0, 0.1) is 5.92 Å². The molecule has 0 aromatic heterocycles. The van der Waals surface area contributed by atoms with Gasteiger partial charge < -0.3 is 5.32 Å². The fourth-order valence-electron chi connectivity index (χ4n) is 2.76. The minimum atomic E-state index is 0.434. The molecule has 1 aromatic carbocycles. The first-order valence-electron chi connectivity index (χ1n) is 7.74. The Morgan fingerprint density at radius 1 is 1.25 bits per heavy atom. The predicted octanol–water partition coefficient (Wildman–Crippen LogP) is 4.11. The zero-order valence-corrected chi connectivity index (χ0v) is 13.6. The number of hydrogen-bond donors (Lipinski definition) is 1. The van der Waals surface area contributed by atoms with Crippen LogP contribution in [0.2, 0.25) is 0 Å². The SMILES string of the molecule is CCC(CC)C1CN=C(NC(C)Cc2ccccc2)S1. The molecular weight excluding hydrogens is 264 g/mol. The van der Waals surface area contributed by atoms with Gasteiger partial charge in [0.15, 0.2) is 5.17 Å². The van der Waals surface area contributed by atoms with Crippen molar-refractivity contribution in [1.82, 2.24) is 5.32 Å². The van der Waals surface area contributed by atoms with Gasteiger partial charge in [0.25, 0.3) is 0 Å². The highest BCUT2D eigenvalue weighted by Gasteiger charge is 2.26. The van der Waals surface area contributed by atoms with Crippen molar-refractivity contribution in [2.45, 2.75) is 51.3 Å². The van der Waals surface area contributed by atoms with E-state index in [2.05, 4.69) is 61.4 Å². The molecule has 0 bridgehead atoms. The van der Waals surface area contributed by atoms with Crippen LogP contribution in [-0.4, -0.2) is 23.0 Å². The number of benzene rings is 1. The smallest absolute Gasteiger partial charge is 0.157 e. The van der Waals surface area contributed by atoms with Crippen LogP contribution >= 0.6 is 11.8 Å². The van der Waals surface area contributed by atoms with E-state index >= 15 is 0 Å². The predicted molar refractivity (Wildman–Crippen MR) is 90.5 cm³/mol. The number of hydrogen-bond acceptors (Lipinski definition) is 3. The third kappa shape index (κ3) is 4.27. The molecule has 1 N–H and O–H groups in total. The lowest BCUT2D eigenvalue weighted by Crippen LogP contribution is -2.32. The normalized spacial score (nSPS) is 20.0. The summed E-state index contributed by atoms with van der Waals surface area (Å²) in [6, 6.07) is 11.1. The van der Waals surface area contributed by atoms with Crippen LogP contribution in [0.15, 0.2) is 35.3 Å². The van der Waals surface area contributed by atoms with Crippen LogP contribution in [-0.2, 0) is 6.42 Å². The van der Waals surface area contributed by atoms with Gasteiger partial charge in [-0.3, -0.25) is 4.99 Å². The van der Waals surface area contributed by atoms with Crippen molar-refractivity contribution in [3.05, 3.63) is 35.9 Å². The van der Waals surface area contributed by atoms with Crippen LogP contribution in [0.3, 0.4) is 0 Å². The topological polar surface area (TPSA) is 24.4 Å². The summed E-state index contributed by atoms with van der Waals surface area (Å²) in [6.07, 6.45) is 3.57. The Bertz CT molecular complexity index is 426. The molecule has 0 spiro atoms. The molecule has 2 rings (SSSR count). The first kappa shape index (κ1) is 15.4. The molecule has 0 aliphatic carbocycles. The minimum Gasteiger partial charge on any atom is -0.362 e. The molecule has 3 heteroatoms. The lowest BCUT2D eigenvalue weighted by molar-refractivity contribution is 0.479. The van der Waals surface area contributed by atoms with Crippen molar-refractivity contribution < 1.29 is 0 Å². The summed E-state index contributed by atoms with van der Waals surface area (Å²) < 4.78 is 0. The summed E-state index contributed by atoms with van der Waals surface area (Å²) in [7, 11) is 0. The van der Waals surface area contributed by atoms with E-state index in [4.69, 9.17) is 0 Å². The van der Waals surface area contributed by atoms with Crippen molar-refractivity contribution >= 4 is 16.9 Å². The second-order valence-electron chi connectivity index (χ2n) is 5.61. The molecule has 110 valence electrons. The largest absolute Gasteiger partial charge is 0.362 e. The summed E-state index contributed by atoms with van der Waals surface area (Å²) in [6.45, 7) is 7.80. The summed E-state index contributed by atoms with van der Waals surface area (Å²) >= 11 is 1.95. The molecule has 1 aliphatic rings. The maximum atomic E-state index is 4.68. The number of rotatable bonds is 6. The highest BCUT2D eigenvalue weighted by Crippen LogP contribution is 2.30. The van der Waals surface area contributed by atoms with Crippen molar-refractivity contribution in [3.63, 3.8) is 0 Å². The van der Waals surface area contributed by atoms with E-state index in [1.54, 1.807) is 0 Å². The van der Waals surface area contributed by atoms with Gasteiger partial charge in [-0.15, -0.1) is 0 Å². The monoisotopic (exact) mass is 290 g/mol. The molecule has 0 fully saturated rings. The van der Waals surface area contributed by atoms with Crippen molar-refractivity contribution in [1.29, 1.82) is 0 Å². The zero-order chi connectivity index (χ0) is 14.4. The molecule has 0 saturated carbocycles.